The van der Waals surface area contributed by atoms with Crippen LogP contribution in [0.4, 0.5) is 17.1 Å². The fraction of sp³-hybridized carbons (Fsp3) is 0.538. The number of nitrogen functional groups attached to an aromatic ring is 1. The highest BCUT2D eigenvalue weighted by atomic mass is 15.2. The van der Waals surface area contributed by atoms with Gasteiger partial charge in [0, 0.05) is 32.4 Å². The molecular weight excluding hydrogens is 212 g/mol. The molecule has 0 aromatic heterocycles. The maximum absolute atomic E-state index is 5.80. The number of nitrogens with zero attached hydrogens (tertiary/aromatic N) is 2. The first-order valence-corrected chi connectivity index (χ1v) is 6.05. The van der Waals surface area contributed by atoms with Gasteiger partial charge >= 0.3 is 0 Å². The Morgan fingerprint density at radius 1 is 1.24 bits per heavy atom. The molecule has 1 aromatic carbocycles. The van der Waals surface area contributed by atoms with Gasteiger partial charge in [-0.3, -0.25) is 0 Å². The van der Waals surface area contributed by atoms with Crippen LogP contribution in [-0.4, -0.2) is 45.7 Å². The molecule has 0 aliphatic carbocycles. The number of nitrogens with one attached hydrogen (secondary N) is 1. The Balaban J connectivity index is 2.87. The lowest BCUT2D eigenvalue weighted by molar-refractivity contribution is 0.414. The van der Waals surface area contributed by atoms with E-state index in [0.717, 1.165) is 31.0 Å². The normalized spacial score (nSPS) is 10.6. The van der Waals surface area contributed by atoms with Crippen LogP contribution >= 0.6 is 0 Å². The second kappa shape index (κ2) is 6.35. The van der Waals surface area contributed by atoms with Gasteiger partial charge in [0.15, 0.2) is 0 Å². The minimum atomic E-state index is 0.793. The molecule has 0 atom stereocenters. The molecule has 0 unspecified atom stereocenters. The Bertz CT molecular complexity index is 349. The highest BCUT2D eigenvalue weighted by Gasteiger charge is 2.09. The number of likely N-dealkylation sites (N-methyl/N-ethyl adjacent to an activating group) is 2. The van der Waals surface area contributed by atoms with Gasteiger partial charge in [0.1, 0.15) is 0 Å². The molecule has 1 aromatic rings. The zero-order chi connectivity index (χ0) is 12.8. The molecule has 96 valence electrons. The van der Waals surface area contributed by atoms with Crippen LogP contribution < -0.4 is 16.0 Å². The van der Waals surface area contributed by atoms with Crippen LogP contribution in [0.25, 0.3) is 0 Å². The van der Waals surface area contributed by atoms with Crippen LogP contribution in [0.2, 0.25) is 0 Å². The third-order valence-electron chi connectivity index (χ3n) is 2.83. The molecule has 17 heavy (non-hydrogen) atoms. The van der Waals surface area contributed by atoms with E-state index in [4.69, 9.17) is 5.73 Å². The summed E-state index contributed by atoms with van der Waals surface area (Å²) in [6.45, 7) is 5.22. The van der Waals surface area contributed by atoms with Crippen LogP contribution in [0.5, 0.6) is 0 Å². The van der Waals surface area contributed by atoms with Crippen molar-refractivity contribution < 1.29 is 0 Å². The van der Waals surface area contributed by atoms with E-state index in [1.807, 2.05) is 19.2 Å². The first-order chi connectivity index (χ1) is 8.08. The summed E-state index contributed by atoms with van der Waals surface area (Å²) in [5, 5.41) is 3.20. The average Bonchev–Trinajstić information content (AvgIpc) is 2.30. The zero-order valence-corrected chi connectivity index (χ0v) is 11.3. The van der Waals surface area contributed by atoms with Gasteiger partial charge in [0.05, 0.1) is 11.4 Å². The molecule has 0 saturated carbocycles. The van der Waals surface area contributed by atoms with Crippen LogP contribution in [0.3, 0.4) is 0 Å². The minimum absolute atomic E-state index is 0.793. The SMILES string of the molecule is CCN(CCN(C)C)c1ccc(N)cc1NC. The average molecular weight is 236 g/mol. The van der Waals surface area contributed by atoms with Gasteiger partial charge in [-0.05, 0) is 39.2 Å². The van der Waals surface area contributed by atoms with Crippen LogP contribution in [0.15, 0.2) is 18.2 Å². The van der Waals surface area contributed by atoms with E-state index in [2.05, 4.69) is 42.2 Å². The number of hydrogen-bond acceptors (Lipinski definition) is 4. The summed E-state index contributed by atoms with van der Waals surface area (Å²) in [4.78, 5) is 4.55. The molecule has 4 nitrogen and oxygen atoms in total. The standard InChI is InChI=1S/C13H24N4/c1-5-17(9-8-16(3)4)13-7-6-11(14)10-12(13)15-2/h6-7,10,15H,5,8-9,14H2,1-4H3. The molecule has 0 aliphatic heterocycles. The van der Waals surface area contributed by atoms with Crippen molar-refractivity contribution in [3.05, 3.63) is 18.2 Å². The third-order valence-corrected chi connectivity index (χ3v) is 2.83. The molecule has 0 fully saturated rings. The van der Waals surface area contributed by atoms with Crippen molar-refractivity contribution in [2.45, 2.75) is 6.92 Å². The lowest BCUT2D eigenvalue weighted by atomic mass is 10.2. The molecule has 0 bridgehead atoms. The number of rotatable bonds is 6. The minimum Gasteiger partial charge on any atom is -0.399 e. The summed E-state index contributed by atoms with van der Waals surface area (Å²) in [6.07, 6.45) is 0. The molecule has 0 amide bonds. The van der Waals surface area contributed by atoms with E-state index in [0.29, 0.717) is 0 Å². The summed E-state index contributed by atoms with van der Waals surface area (Å²) in [6, 6.07) is 6.02. The van der Waals surface area contributed by atoms with E-state index in [9.17, 15) is 0 Å². The number of anilines is 3. The summed E-state index contributed by atoms with van der Waals surface area (Å²) >= 11 is 0. The largest absolute Gasteiger partial charge is 0.399 e. The topological polar surface area (TPSA) is 44.5 Å². The second-order valence-corrected chi connectivity index (χ2v) is 4.41. The van der Waals surface area contributed by atoms with Crippen molar-refractivity contribution in [1.82, 2.24) is 4.90 Å². The summed E-state index contributed by atoms with van der Waals surface area (Å²) in [5.41, 5.74) is 8.90. The van der Waals surface area contributed by atoms with Crippen LogP contribution in [-0.2, 0) is 0 Å². The van der Waals surface area contributed by atoms with E-state index in [1.54, 1.807) is 0 Å². The second-order valence-electron chi connectivity index (χ2n) is 4.41. The third kappa shape index (κ3) is 3.82. The molecule has 0 saturated heterocycles. The molecule has 0 heterocycles. The molecule has 3 N–H and O–H groups in total. The maximum atomic E-state index is 5.80. The Labute approximate surface area is 104 Å². The lowest BCUT2D eigenvalue weighted by Crippen LogP contribution is -2.32. The molecule has 0 spiro atoms. The monoisotopic (exact) mass is 236 g/mol. The number of benzene rings is 1. The quantitative estimate of drug-likeness (QED) is 0.738. The van der Waals surface area contributed by atoms with Crippen molar-refractivity contribution in [3.63, 3.8) is 0 Å². The highest BCUT2D eigenvalue weighted by Crippen LogP contribution is 2.27. The predicted octanol–water partition coefficient (Wildman–Crippen LogP) is 1.70. The van der Waals surface area contributed by atoms with Crippen molar-refractivity contribution in [2.75, 3.05) is 56.7 Å². The fourth-order valence-electron chi connectivity index (χ4n) is 1.80. The van der Waals surface area contributed by atoms with Crippen molar-refractivity contribution >= 4 is 17.1 Å². The molecule has 0 radical (unpaired) electrons. The summed E-state index contributed by atoms with van der Waals surface area (Å²) in [7, 11) is 6.11. The van der Waals surface area contributed by atoms with Crippen molar-refractivity contribution in [2.24, 2.45) is 0 Å². The molecular formula is C13H24N4. The van der Waals surface area contributed by atoms with E-state index in [-0.39, 0.29) is 0 Å². The van der Waals surface area contributed by atoms with Crippen molar-refractivity contribution in [1.29, 1.82) is 0 Å². The van der Waals surface area contributed by atoms with Gasteiger partial charge in [0.25, 0.3) is 0 Å². The first kappa shape index (κ1) is 13.6. The van der Waals surface area contributed by atoms with E-state index < -0.39 is 0 Å². The first-order valence-electron chi connectivity index (χ1n) is 6.05. The van der Waals surface area contributed by atoms with Crippen LogP contribution in [0, 0.1) is 0 Å². The van der Waals surface area contributed by atoms with Gasteiger partial charge in [-0.2, -0.15) is 0 Å². The molecule has 1 rings (SSSR count). The molecule has 4 heteroatoms. The lowest BCUT2D eigenvalue weighted by Gasteiger charge is -2.27. The Morgan fingerprint density at radius 2 is 1.94 bits per heavy atom. The summed E-state index contributed by atoms with van der Waals surface area (Å²) in [5.74, 6) is 0. The predicted molar refractivity (Wildman–Crippen MR) is 76.8 cm³/mol. The number of hydrogen-bond donors (Lipinski definition) is 2. The summed E-state index contributed by atoms with van der Waals surface area (Å²) < 4.78 is 0. The fourth-order valence-corrected chi connectivity index (χ4v) is 1.80. The van der Waals surface area contributed by atoms with Crippen molar-refractivity contribution in [3.8, 4) is 0 Å². The highest BCUT2D eigenvalue weighted by molar-refractivity contribution is 5.74. The van der Waals surface area contributed by atoms with Gasteiger partial charge in [-0.1, -0.05) is 0 Å². The Kier molecular flexibility index (Phi) is 5.10. The number of nitrogens with two attached hydrogens (primary N) is 1. The van der Waals surface area contributed by atoms with Gasteiger partial charge in [-0.25, -0.2) is 0 Å². The zero-order valence-electron chi connectivity index (χ0n) is 11.3. The Morgan fingerprint density at radius 3 is 2.47 bits per heavy atom. The smallest absolute Gasteiger partial charge is 0.0603 e. The van der Waals surface area contributed by atoms with Gasteiger partial charge in [-0.15, -0.1) is 0 Å². The molecule has 0 aliphatic rings. The van der Waals surface area contributed by atoms with E-state index in [1.165, 1.54) is 5.69 Å². The van der Waals surface area contributed by atoms with Gasteiger partial charge in [0.2, 0.25) is 0 Å². The van der Waals surface area contributed by atoms with E-state index >= 15 is 0 Å². The Hall–Kier alpha value is -1.42. The van der Waals surface area contributed by atoms with Gasteiger partial charge < -0.3 is 20.9 Å². The van der Waals surface area contributed by atoms with Crippen LogP contribution in [0.1, 0.15) is 6.92 Å². The maximum Gasteiger partial charge on any atom is 0.0603 e.